The molecule has 90 valence electrons. The molecule has 0 fully saturated rings. The average Bonchev–Trinajstić information content (AvgIpc) is 2.68. The number of hydrogen-bond donors (Lipinski definition) is 2. The summed E-state index contributed by atoms with van der Waals surface area (Å²) in [5.74, 6) is 0.727. The highest BCUT2D eigenvalue weighted by molar-refractivity contribution is 5.85. The molecule has 2 heteroatoms. The van der Waals surface area contributed by atoms with Gasteiger partial charge in [0.15, 0.2) is 0 Å². The molecule has 2 aromatic rings. The zero-order valence-corrected chi connectivity index (χ0v) is 10.6. The van der Waals surface area contributed by atoms with E-state index in [1.54, 1.807) is 0 Å². The predicted molar refractivity (Wildman–Crippen MR) is 72.2 cm³/mol. The molecule has 0 aliphatic carbocycles. The molecular formula is C15H20N2. The van der Waals surface area contributed by atoms with Gasteiger partial charge in [-0.1, -0.05) is 32.0 Å². The average molecular weight is 228 g/mol. The summed E-state index contributed by atoms with van der Waals surface area (Å²) in [7, 11) is 0. The highest BCUT2D eigenvalue weighted by Gasteiger charge is 2.23. The van der Waals surface area contributed by atoms with Crippen molar-refractivity contribution in [1.29, 1.82) is 0 Å². The van der Waals surface area contributed by atoms with Gasteiger partial charge in [-0.25, -0.2) is 0 Å². The maximum atomic E-state index is 3.64. The Morgan fingerprint density at radius 3 is 2.94 bits per heavy atom. The number of aromatic nitrogens is 1. The van der Waals surface area contributed by atoms with Crippen LogP contribution in [0.5, 0.6) is 0 Å². The van der Waals surface area contributed by atoms with Gasteiger partial charge in [-0.2, -0.15) is 0 Å². The predicted octanol–water partition coefficient (Wildman–Crippen LogP) is 3.40. The Kier molecular flexibility index (Phi) is 2.67. The van der Waals surface area contributed by atoms with Crippen molar-refractivity contribution in [2.24, 2.45) is 5.92 Å². The lowest BCUT2D eigenvalue weighted by molar-refractivity contribution is 0.409. The monoisotopic (exact) mass is 228 g/mol. The first-order valence-electron chi connectivity index (χ1n) is 6.58. The molecular weight excluding hydrogens is 208 g/mol. The molecule has 2 nitrogen and oxygen atoms in total. The summed E-state index contributed by atoms with van der Waals surface area (Å²) < 4.78 is 0. The molecule has 1 atom stereocenters. The Morgan fingerprint density at radius 1 is 1.29 bits per heavy atom. The number of fused-ring (bicyclic) bond motifs is 3. The summed E-state index contributed by atoms with van der Waals surface area (Å²) in [6, 6.07) is 9.17. The fraction of sp³-hybridized carbons (Fsp3) is 0.467. The number of nitrogens with one attached hydrogen (secondary N) is 2. The van der Waals surface area contributed by atoms with Crippen molar-refractivity contribution in [3.8, 4) is 0 Å². The van der Waals surface area contributed by atoms with Gasteiger partial charge in [0.2, 0.25) is 0 Å². The van der Waals surface area contributed by atoms with E-state index in [1.165, 1.54) is 28.6 Å². The van der Waals surface area contributed by atoms with E-state index < -0.39 is 0 Å². The third kappa shape index (κ3) is 1.87. The molecule has 1 aromatic heterocycles. The van der Waals surface area contributed by atoms with Gasteiger partial charge < -0.3 is 10.3 Å². The molecule has 17 heavy (non-hydrogen) atoms. The smallest absolute Gasteiger partial charge is 0.0478 e. The molecule has 2 heterocycles. The first kappa shape index (κ1) is 10.8. The topological polar surface area (TPSA) is 27.8 Å². The number of para-hydroxylation sites is 1. The van der Waals surface area contributed by atoms with Crippen LogP contribution in [0.1, 0.15) is 37.6 Å². The largest absolute Gasteiger partial charge is 0.357 e. The summed E-state index contributed by atoms with van der Waals surface area (Å²) in [5.41, 5.74) is 4.24. The highest BCUT2D eigenvalue weighted by Crippen LogP contribution is 2.32. The highest BCUT2D eigenvalue weighted by atomic mass is 15.0. The third-order valence-corrected chi connectivity index (χ3v) is 3.67. The van der Waals surface area contributed by atoms with Crippen molar-refractivity contribution >= 4 is 10.9 Å². The number of aromatic amines is 1. The third-order valence-electron chi connectivity index (χ3n) is 3.67. The fourth-order valence-electron chi connectivity index (χ4n) is 2.93. The van der Waals surface area contributed by atoms with Crippen LogP contribution < -0.4 is 5.32 Å². The minimum absolute atomic E-state index is 0.506. The van der Waals surface area contributed by atoms with E-state index >= 15 is 0 Å². The number of H-pyrrole nitrogens is 1. The van der Waals surface area contributed by atoms with E-state index in [4.69, 9.17) is 0 Å². The molecule has 3 rings (SSSR count). The Morgan fingerprint density at radius 2 is 2.12 bits per heavy atom. The van der Waals surface area contributed by atoms with Gasteiger partial charge in [0.25, 0.3) is 0 Å². The van der Waals surface area contributed by atoms with Crippen LogP contribution >= 0.6 is 0 Å². The summed E-state index contributed by atoms with van der Waals surface area (Å²) in [6.45, 7) is 5.68. The first-order chi connectivity index (χ1) is 8.25. The normalized spacial score (nSPS) is 19.8. The zero-order chi connectivity index (χ0) is 11.8. The second-order valence-corrected chi connectivity index (χ2v) is 5.45. The maximum Gasteiger partial charge on any atom is 0.0478 e. The van der Waals surface area contributed by atoms with Crippen molar-refractivity contribution < 1.29 is 0 Å². The molecule has 0 saturated carbocycles. The van der Waals surface area contributed by atoms with Crippen molar-refractivity contribution in [2.75, 3.05) is 6.54 Å². The first-order valence-corrected chi connectivity index (χ1v) is 6.58. The van der Waals surface area contributed by atoms with E-state index in [-0.39, 0.29) is 0 Å². The van der Waals surface area contributed by atoms with Gasteiger partial charge in [-0.15, -0.1) is 0 Å². The van der Waals surface area contributed by atoms with Gasteiger partial charge in [0.05, 0.1) is 0 Å². The SMILES string of the molecule is CC(C)C[C@H]1NCCc2c1[nH]c1ccccc21. The second kappa shape index (κ2) is 4.19. The molecule has 2 N–H and O–H groups in total. The van der Waals surface area contributed by atoms with Crippen LogP contribution in [0.4, 0.5) is 0 Å². The minimum Gasteiger partial charge on any atom is -0.357 e. The Labute approximate surface area is 102 Å². The standard InChI is InChI=1S/C15H20N2/c1-10(2)9-14-15-12(7-8-16-14)11-5-3-4-6-13(11)17-15/h3-6,10,14,16-17H,7-9H2,1-2H3/t14-/m1/s1. The van der Waals surface area contributed by atoms with E-state index in [1.807, 2.05) is 0 Å². The van der Waals surface area contributed by atoms with Crippen molar-refractivity contribution in [2.45, 2.75) is 32.7 Å². The van der Waals surface area contributed by atoms with E-state index in [0.717, 1.165) is 18.9 Å². The lowest BCUT2D eigenvalue weighted by Crippen LogP contribution is -2.30. The maximum absolute atomic E-state index is 3.64. The van der Waals surface area contributed by atoms with Gasteiger partial charge >= 0.3 is 0 Å². The summed E-state index contributed by atoms with van der Waals surface area (Å²) >= 11 is 0. The lowest BCUT2D eigenvalue weighted by Gasteiger charge is -2.25. The van der Waals surface area contributed by atoms with E-state index in [2.05, 4.69) is 48.4 Å². The molecule has 0 unspecified atom stereocenters. The molecule has 0 radical (unpaired) electrons. The lowest BCUT2D eigenvalue weighted by atomic mass is 9.93. The number of benzene rings is 1. The second-order valence-electron chi connectivity index (χ2n) is 5.45. The molecule has 1 aromatic carbocycles. The number of hydrogen-bond acceptors (Lipinski definition) is 1. The Balaban J connectivity index is 2.07. The quantitative estimate of drug-likeness (QED) is 0.810. The molecule has 0 spiro atoms. The van der Waals surface area contributed by atoms with Crippen LogP contribution in [0.2, 0.25) is 0 Å². The van der Waals surface area contributed by atoms with Crippen molar-refractivity contribution in [3.63, 3.8) is 0 Å². The van der Waals surface area contributed by atoms with Gasteiger partial charge in [0.1, 0.15) is 0 Å². The zero-order valence-electron chi connectivity index (χ0n) is 10.6. The van der Waals surface area contributed by atoms with E-state index in [9.17, 15) is 0 Å². The van der Waals surface area contributed by atoms with Gasteiger partial charge in [0, 0.05) is 22.6 Å². The van der Waals surface area contributed by atoms with Gasteiger partial charge in [-0.05, 0) is 36.9 Å². The fourth-order valence-corrected chi connectivity index (χ4v) is 2.93. The summed E-state index contributed by atoms with van der Waals surface area (Å²) in [5, 5.41) is 5.05. The molecule has 0 amide bonds. The molecule has 0 saturated heterocycles. The summed E-state index contributed by atoms with van der Waals surface area (Å²) in [4.78, 5) is 3.61. The Bertz CT molecular complexity index is 525. The van der Waals surface area contributed by atoms with E-state index in [0.29, 0.717) is 6.04 Å². The van der Waals surface area contributed by atoms with Crippen molar-refractivity contribution in [3.05, 3.63) is 35.5 Å². The Hall–Kier alpha value is -1.28. The molecule has 1 aliphatic heterocycles. The van der Waals surface area contributed by atoms with Crippen LogP contribution in [-0.4, -0.2) is 11.5 Å². The number of rotatable bonds is 2. The van der Waals surface area contributed by atoms with Crippen LogP contribution in [0, 0.1) is 5.92 Å². The molecule has 1 aliphatic rings. The van der Waals surface area contributed by atoms with Crippen LogP contribution in [0.15, 0.2) is 24.3 Å². The van der Waals surface area contributed by atoms with Crippen LogP contribution in [0.3, 0.4) is 0 Å². The van der Waals surface area contributed by atoms with Crippen LogP contribution in [-0.2, 0) is 6.42 Å². The minimum atomic E-state index is 0.506. The van der Waals surface area contributed by atoms with Gasteiger partial charge in [-0.3, -0.25) is 0 Å². The summed E-state index contributed by atoms with van der Waals surface area (Å²) in [6.07, 6.45) is 2.35. The van der Waals surface area contributed by atoms with Crippen LogP contribution in [0.25, 0.3) is 10.9 Å². The van der Waals surface area contributed by atoms with Crippen molar-refractivity contribution in [1.82, 2.24) is 10.3 Å². The molecule has 0 bridgehead atoms.